The van der Waals surface area contributed by atoms with Gasteiger partial charge in [-0.1, -0.05) is 12.8 Å². The molecule has 0 spiro atoms. The molecular formula is C15H18N2O3. The van der Waals surface area contributed by atoms with Crippen molar-refractivity contribution in [2.75, 3.05) is 0 Å². The van der Waals surface area contributed by atoms with Gasteiger partial charge >= 0.3 is 5.97 Å². The van der Waals surface area contributed by atoms with E-state index in [4.69, 9.17) is 0 Å². The molecule has 20 heavy (non-hydrogen) atoms. The number of pyridine rings is 1. The van der Waals surface area contributed by atoms with E-state index < -0.39 is 12.0 Å². The predicted octanol–water partition coefficient (Wildman–Crippen LogP) is 1.94. The number of nitrogens with zero attached hydrogens (tertiary/aromatic N) is 2. The van der Waals surface area contributed by atoms with Gasteiger partial charge in [0.05, 0.1) is 0 Å². The van der Waals surface area contributed by atoms with Crippen LogP contribution in [0.4, 0.5) is 0 Å². The van der Waals surface area contributed by atoms with E-state index in [0.717, 1.165) is 25.7 Å². The lowest BCUT2D eigenvalue weighted by molar-refractivity contribution is -0.141. The molecule has 3 atom stereocenters. The first-order valence-electron chi connectivity index (χ1n) is 7.14. The molecule has 0 aromatic carbocycles. The predicted molar refractivity (Wildman–Crippen MR) is 72.2 cm³/mol. The first-order chi connectivity index (χ1) is 9.68. The molecular weight excluding hydrogens is 256 g/mol. The SMILES string of the molecule is O=C(O)[C@@H]1C[C@@H]2CCCC[C@H]2N1C(=O)c1ccncc1. The Labute approximate surface area is 117 Å². The van der Waals surface area contributed by atoms with Crippen molar-refractivity contribution < 1.29 is 14.7 Å². The van der Waals surface area contributed by atoms with E-state index in [1.165, 1.54) is 0 Å². The normalized spacial score (nSPS) is 29.0. The summed E-state index contributed by atoms with van der Waals surface area (Å²) in [6.07, 6.45) is 7.91. The van der Waals surface area contributed by atoms with Gasteiger partial charge in [-0.3, -0.25) is 9.78 Å². The van der Waals surface area contributed by atoms with Gasteiger partial charge < -0.3 is 10.0 Å². The van der Waals surface area contributed by atoms with Crippen LogP contribution in [0.1, 0.15) is 42.5 Å². The van der Waals surface area contributed by atoms with Crippen LogP contribution in [-0.2, 0) is 4.79 Å². The van der Waals surface area contributed by atoms with Gasteiger partial charge in [0.2, 0.25) is 0 Å². The Hall–Kier alpha value is -1.91. The fourth-order valence-corrected chi connectivity index (χ4v) is 3.62. The van der Waals surface area contributed by atoms with Crippen LogP contribution in [-0.4, -0.2) is 39.0 Å². The third kappa shape index (κ3) is 2.17. The van der Waals surface area contributed by atoms with Gasteiger partial charge in [-0.15, -0.1) is 0 Å². The third-order valence-electron chi connectivity index (χ3n) is 4.53. The lowest BCUT2D eigenvalue weighted by Gasteiger charge is -2.33. The second-order valence-electron chi connectivity index (χ2n) is 5.65. The molecule has 2 heterocycles. The maximum absolute atomic E-state index is 12.7. The number of aromatic nitrogens is 1. The highest BCUT2D eigenvalue weighted by molar-refractivity contribution is 5.97. The maximum Gasteiger partial charge on any atom is 0.326 e. The van der Waals surface area contributed by atoms with Crippen LogP contribution in [0.25, 0.3) is 0 Å². The summed E-state index contributed by atoms with van der Waals surface area (Å²) in [5.41, 5.74) is 0.525. The van der Waals surface area contributed by atoms with Crippen LogP contribution in [0.5, 0.6) is 0 Å². The molecule has 0 unspecified atom stereocenters. The van der Waals surface area contributed by atoms with Crippen LogP contribution in [0.15, 0.2) is 24.5 Å². The van der Waals surface area contributed by atoms with Gasteiger partial charge in [-0.25, -0.2) is 4.79 Å². The number of rotatable bonds is 2. The van der Waals surface area contributed by atoms with Crippen LogP contribution in [0.3, 0.4) is 0 Å². The lowest BCUT2D eigenvalue weighted by Crippen LogP contribution is -2.46. The number of carboxylic acid groups (broad SMARTS) is 1. The second kappa shape index (κ2) is 5.23. The molecule has 1 aromatic rings. The minimum Gasteiger partial charge on any atom is -0.480 e. The topological polar surface area (TPSA) is 70.5 Å². The van der Waals surface area contributed by atoms with E-state index in [1.54, 1.807) is 29.4 Å². The van der Waals surface area contributed by atoms with Crippen LogP contribution < -0.4 is 0 Å². The molecule has 0 bridgehead atoms. The van der Waals surface area contributed by atoms with E-state index in [2.05, 4.69) is 4.98 Å². The van der Waals surface area contributed by atoms with Crippen molar-refractivity contribution in [1.82, 2.24) is 9.88 Å². The molecule has 1 aromatic heterocycles. The molecule has 0 radical (unpaired) electrons. The van der Waals surface area contributed by atoms with Crippen molar-refractivity contribution in [1.29, 1.82) is 0 Å². The summed E-state index contributed by atoms with van der Waals surface area (Å²) in [6, 6.07) is 2.71. The number of hydrogen-bond donors (Lipinski definition) is 1. The number of carbonyl (C=O) groups is 2. The molecule has 5 heteroatoms. The Morgan fingerprint density at radius 1 is 1.20 bits per heavy atom. The molecule has 5 nitrogen and oxygen atoms in total. The third-order valence-corrected chi connectivity index (χ3v) is 4.53. The maximum atomic E-state index is 12.7. The van der Waals surface area contributed by atoms with E-state index in [-0.39, 0.29) is 11.9 Å². The number of aliphatic carboxylic acids is 1. The molecule has 2 aliphatic rings. The van der Waals surface area contributed by atoms with Crippen molar-refractivity contribution in [2.45, 2.75) is 44.2 Å². The standard InChI is InChI=1S/C15H18N2O3/c18-14(10-5-7-16-8-6-10)17-12-4-2-1-3-11(12)9-13(17)15(19)20/h5-8,11-13H,1-4,9H2,(H,19,20)/t11-,12+,13-/m0/s1. The van der Waals surface area contributed by atoms with Gasteiger partial charge in [-0.2, -0.15) is 0 Å². The summed E-state index contributed by atoms with van der Waals surface area (Å²) < 4.78 is 0. The fourth-order valence-electron chi connectivity index (χ4n) is 3.62. The van der Waals surface area contributed by atoms with E-state index >= 15 is 0 Å². The minimum absolute atomic E-state index is 0.0884. The van der Waals surface area contributed by atoms with E-state index in [1.807, 2.05) is 0 Å². The summed E-state index contributed by atoms with van der Waals surface area (Å²) >= 11 is 0. The number of hydrogen-bond acceptors (Lipinski definition) is 3. The van der Waals surface area contributed by atoms with Crippen molar-refractivity contribution in [3.8, 4) is 0 Å². The van der Waals surface area contributed by atoms with Gasteiger partial charge in [0.25, 0.3) is 5.91 Å². The number of amides is 1. The summed E-state index contributed by atoms with van der Waals surface area (Å²) in [6.45, 7) is 0. The van der Waals surface area contributed by atoms with Crippen LogP contribution in [0.2, 0.25) is 0 Å². The Morgan fingerprint density at radius 2 is 1.90 bits per heavy atom. The summed E-state index contributed by atoms with van der Waals surface area (Å²) in [7, 11) is 0. The highest BCUT2D eigenvalue weighted by Crippen LogP contribution is 2.40. The van der Waals surface area contributed by atoms with Crippen molar-refractivity contribution in [3.63, 3.8) is 0 Å². The smallest absolute Gasteiger partial charge is 0.326 e. The highest BCUT2D eigenvalue weighted by Gasteiger charge is 2.47. The molecule has 1 aliphatic carbocycles. The Morgan fingerprint density at radius 3 is 2.60 bits per heavy atom. The van der Waals surface area contributed by atoms with Gasteiger partial charge in [0, 0.05) is 24.0 Å². The van der Waals surface area contributed by atoms with Gasteiger partial charge in [0.15, 0.2) is 0 Å². The zero-order valence-corrected chi connectivity index (χ0v) is 11.2. The quantitative estimate of drug-likeness (QED) is 0.894. The molecule has 2 fully saturated rings. The molecule has 1 saturated carbocycles. The van der Waals surface area contributed by atoms with Crippen molar-refractivity contribution in [3.05, 3.63) is 30.1 Å². The fraction of sp³-hybridized carbons (Fsp3) is 0.533. The summed E-state index contributed by atoms with van der Waals surface area (Å²) in [5, 5.41) is 9.42. The Kier molecular flexibility index (Phi) is 3.42. The molecule has 3 rings (SSSR count). The Balaban J connectivity index is 1.91. The first-order valence-corrected chi connectivity index (χ1v) is 7.14. The van der Waals surface area contributed by atoms with E-state index in [0.29, 0.717) is 17.9 Å². The van der Waals surface area contributed by atoms with Gasteiger partial charge in [-0.05, 0) is 37.3 Å². The number of carbonyl (C=O) groups excluding carboxylic acids is 1. The first kappa shape index (κ1) is 13.1. The minimum atomic E-state index is -0.887. The molecule has 1 aliphatic heterocycles. The summed E-state index contributed by atoms with van der Waals surface area (Å²) in [4.78, 5) is 29.7. The molecule has 1 amide bonds. The molecule has 106 valence electrons. The number of likely N-dealkylation sites (tertiary alicyclic amines) is 1. The zero-order chi connectivity index (χ0) is 14.1. The molecule has 1 N–H and O–H groups in total. The lowest BCUT2D eigenvalue weighted by atomic mass is 9.84. The van der Waals surface area contributed by atoms with Crippen LogP contribution in [0, 0.1) is 5.92 Å². The number of fused-ring (bicyclic) bond motifs is 1. The monoisotopic (exact) mass is 274 g/mol. The number of carboxylic acids is 1. The second-order valence-corrected chi connectivity index (χ2v) is 5.65. The van der Waals surface area contributed by atoms with E-state index in [9.17, 15) is 14.7 Å². The average Bonchev–Trinajstić information content (AvgIpc) is 2.87. The zero-order valence-electron chi connectivity index (χ0n) is 11.2. The largest absolute Gasteiger partial charge is 0.480 e. The molecule has 1 saturated heterocycles. The Bertz CT molecular complexity index is 517. The van der Waals surface area contributed by atoms with Crippen LogP contribution >= 0.6 is 0 Å². The highest BCUT2D eigenvalue weighted by atomic mass is 16.4. The van der Waals surface area contributed by atoms with Crippen molar-refractivity contribution >= 4 is 11.9 Å². The van der Waals surface area contributed by atoms with Crippen molar-refractivity contribution in [2.24, 2.45) is 5.92 Å². The van der Waals surface area contributed by atoms with Gasteiger partial charge in [0.1, 0.15) is 6.04 Å². The summed E-state index contributed by atoms with van der Waals surface area (Å²) in [5.74, 6) is -0.716. The average molecular weight is 274 g/mol.